The zero-order valence-corrected chi connectivity index (χ0v) is 15.2. The summed E-state index contributed by atoms with van der Waals surface area (Å²) in [5.41, 5.74) is 1.02. The predicted octanol–water partition coefficient (Wildman–Crippen LogP) is 4.46. The lowest BCUT2D eigenvalue weighted by Crippen LogP contribution is -2.38. The zero-order valence-electron chi connectivity index (χ0n) is 13.6. The van der Waals surface area contributed by atoms with E-state index in [1.807, 2.05) is 24.3 Å². The Kier molecular flexibility index (Phi) is 4.28. The molecule has 0 atom stereocenters. The molecule has 0 radical (unpaired) electrons. The second-order valence-electron chi connectivity index (χ2n) is 6.33. The molecule has 3 aromatic rings. The molecule has 132 valence electrons. The SMILES string of the molecule is O=c1cc(-c2ccccc2O[C@H]2C[C@H](C(=O)O)C2)oc2c(Br)cccc12. The summed E-state index contributed by atoms with van der Waals surface area (Å²) in [4.78, 5) is 23.4. The third-order valence-corrected chi connectivity index (χ3v) is 5.22. The van der Waals surface area contributed by atoms with E-state index in [2.05, 4.69) is 15.9 Å². The molecule has 1 saturated carbocycles. The minimum atomic E-state index is -0.788. The summed E-state index contributed by atoms with van der Waals surface area (Å²) in [5.74, 6) is -0.139. The van der Waals surface area contributed by atoms with E-state index in [1.54, 1.807) is 18.2 Å². The molecule has 0 spiro atoms. The normalized spacial score (nSPS) is 19.1. The van der Waals surface area contributed by atoms with Crippen LogP contribution in [0.3, 0.4) is 0 Å². The van der Waals surface area contributed by atoms with Crippen molar-refractivity contribution in [1.29, 1.82) is 0 Å². The molecule has 1 N–H and O–H groups in total. The summed E-state index contributed by atoms with van der Waals surface area (Å²) in [6, 6.07) is 14.1. The van der Waals surface area contributed by atoms with E-state index in [4.69, 9.17) is 14.3 Å². The predicted molar refractivity (Wildman–Crippen MR) is 100 cm³/mol. The molecule has 0 amide bonds. The van der Waals surface area contributed by atoms with Gasteiger partial charge in [0, 0.05) is 6.07 Å². The Bertz CT molecular complexity index is 1050. The quantitative estimate of drug-likeness (QED) is 0.681. The van der Waals surface area contributed by atoms with E-state index in [0.29, 0.717) is 45.4 Å². The van der Waals surface area contributed by atoms with Gasteiger partial charge in [-0.25, -0.2) is 0 Å². The van der Waals surface area contributed by atoms with E-state index in [9.17, 15) is 9.59 Å². The highest BCUT2D eigenvalue weighted by atomic mass is 79.9. The maximum atomic E-state index is 12.5. The largest absolute Gasteiger partial charge is 0.490 e. The van der Waals surface area contributed by atoms with Crippen molar-refractivity contribution >= 4 is 32.9 Å². The topological polar surface area (TPSA) is 76.7 Å². The van der Waals surface area contributed by atoms with Crippen molar-refractivity contribution in [2.45, 2.75) is 18.9 Å². The van der Waals surface area contributed by atoms with Crippen LogP contribution in [0.4, 0.5) is 0 Å². The molecule has 2 aromatic carbocycles. The van der Waals surface area contributed by atoms with Crippen molar-refractivity contribution in [2.24, 2.45) is 5.92 Å². The summed E-state index contributed by atoms with van der Waals surface area (Å²) >= 11 is 3.42. The first-order chi connectivity index (χ1) is 12.5. The number of carboxylic acid groups (broad SMARTS) is 1. The summed E-state index contributed by atoms with van der Waals surface area (Å²) in [7, 11) is 0. The molecule has 0 bridgehead atoms. The Labute approximate surface area is 157 Å². The maximum Gasteiger partial charge on any atom is 0.306 e. The Morgan fingerprint density at radius 2 is 1.92 bits per heavy atom. The molecule has 0 unspecified atom stereocenters. The monoisotopic (exact) mass is 414 g/mol. The highest BCUT2D eigenvalue weighted by molar-refractivity contribution is 9.10. The molecule has 0 aliphatic heterocycles. The molecule has 1 aliphatic rings. The van der Waals surface area contributed by atoms with Gasteiger partial charge in [0.2, 0.25) is 0 Å². The fourth-order valence-electron chi connectivity index (χ4n) is 3.09. The number of carbonyl (C=O) groups is 1. The Balaban J connectivity index is 1.71. The number of para-hydroxylation sites is 2. The summed E-state index contributed by atoms with van der Waals surface area (Å²) in [5, 5.41) is 9.50. The van der Waals surface area contributed by atoms with E-state index in [-0.39, 0.29) is 17.5 Å². The van der Waals surface area contributed by atoms with Crippen LogP contribution in [-0.2, 0) is 4.79 Å². The third-order valence-electron chi connectivity index (χ3n) is 4.60. The Hall–Kier alpha value is -2.60. The average molecular weight is 415 g/mol. The molecule has 5 nitrogen and oxygen atoms in total. The minimum absolute atomic E-state index is 0.132. The first-order valence-electron chi connectivity index (χ1n) is 8.24. The number of hydrogen-bond donors (Lipinski definition) is 1. The van der Waals surface area contributed by atoms with Gasteiger partial charge in [-0.15, -0.1) is 0 Å². The lowest BCUT2D eigenvalue weighted by atomic mass is 9.82. The summed E-state index contributed by atoms with van der Waals surface area (Å²) in [6.45, 7) is 0. The standard InChI is InChI=1S/C20H15BrO5/c21-15-6-3-5-13-16(22)10-18(26-19(13)15)14-4-1-2-7-17(14)25-12-8-11(9-12)20(23)24/h1-7,10-12H,8-9H2,(H,23,24)/t11-,12-. The lowest BCUT2D eigenvalue weighted by Gasteiger charge is -2.33. The second kappa shape index (κ2) is 6.61. The van der Waals surface area contributed by atoms with Crippen molar-refractivity contribution in [3.8, 4) is 17.1 Å². The van der Waals surface area contributed by atoms with Gasteiger partial charge in [-0.3, -0.25) is 9.59 Å². The van der Waals surface area contributed by atoms with Gasteiger partial charge in [0.15, 0.2) is 11.0 Å². The summed E-state index contributed by atoms with van der Waals surface area (Å²) in [6.07, 6.45) is 0.824. The molecule has 26 heavy (non-hydrogen) atoms. The number of carboxylic acids is 1. The fourth-order valence-corrected chi connectivity index (χ4v) is 3.54. The average Bonchev–Trinajstić information content (AvgIpc) is 2.58. The van der Waals surface area contributed by atoms with Crippen LogP contribution in [0.2, 0.25) is 0 Å². The fraction of sp³-hybridized carbons (Fsp3) is 0.200. The van der Waals surface area contributed by atoms with Crippen molar-refractivity contribution in [2.75, 3.05) is 0 Å². The van der Waals surface area contributed by atoms with Crippen LogP contribution in [0.15, 0.2) is 62.2 Å². The number of halogens is 1. The van der Waals surface area contributed by atoms with Gasteiger partial charge in [0.05, 0.1) is 21.3 Å². The van der Waals surface area contributed by atoms with Crippen LogP contribution < -0.4 is 10.2 Å². The van der Waals surface area contributed by atoms with E-state index in [1.165, 1.54) is 6.07 Å². The Morgan fingerprint density at radius 1 is 1.15 bits per heavy atom. The van der Waals surface area contributed by atoms with Gasteiger partial charge in [-0.2, -0.15) is 0 Å². The van der Waals surface area contributed by atoms with Gasteiger partial charge < -0.3 is 14.3 Å². The first kappa shape index (κ1) is 16.8. The van der Waals surface area contributed by atoms with Crippen LogP contribution >= 0.6 is 15.9 Å². The molecule has 1 heterocycles. The number of benzene rings is 2. The molecular formula is C20H15BrO5. The van der Waals surface area contributed by atoms with E-state index >= 15 is 0 Å². The number of aliphatic carboxylic acids is 1. The third kappa shape index (κ3) is 3.01. The van der Waals surface area contributed by atoms with E-state index in [0.717, 1.165) is 0 Å². The van der Waals surface area contributed by atoms with Crippen molar-refractivity contribution in [3.63, 3.8) is 0 Å². The highest BCUT2D eigenvalue weighted by Gasteiger charge is 2.36. The van der Waals surface area contributed by atoms with Crippen LogP contribution in [0.25, 0.3) is 22.3 Å². The number of hydrogen-bond acceptors (Lipinski definition) is 4. The Morgan fingerprint density at radius 3 is 2.69 bits per heavy atom. The van der Waals surface area contributed by atoms with Crippen LogP contribution in [0.5, 0.6) is 5.75 Å². The maximum absolute atomic E-state index is 12.5. The highest BCUT2D eigenvalue weighted by Crippen LogP contribution is 2.37. The van der Waals surface area contributed by atoms with Crippen molar-refractivity contribution < 1.29 is 19.1 Å². The lowest BCUT2D eigenvalue weighted by molar-refractivity contribution is -0.147. The van der Waals surface area contributed by atoms with Gasteiger partial charge in [-0.05, 0) is 53.0 Å². The minimum Gasteiger partial charge on any atom is -0.490 e. The first-order valence-corrected chi connectivity index (χ1v) is 9.03. The molecule has 1 aromatic heterocycles. The molecule has 0 saturated heterocycles. The van der Waals surface area contributed by atoms with Crippen LogP contribution in [0.1, 0.15) is 12.8 Å². The molecule has 6 heteroatoms. The molecular weight excluding hydrogens is 400 g/mol. The second-order valence-corrected chi connectivity index (χ2v) is 7.19. The van der Waals surface area contributed by atoms with Crippen molar-refractivity contribution in [3.05, 3.63) is 63.2 Å². The van der Waals surface area contributed by atoms with Gasteiger partial charge in [-0.1, -0.05) is 18.2 Å². The van der Waals surface area contributed by atoms with Crippen molar-refractivity contribution in [1.82, 2.24) is 0 Å². The number of ether oxygens (including phenoxy) is 1. The van der Waals surface area contributed by atoms with Gasteiger partial charge in [0.25, 0.3) is 0 Å². The summed E-state index contributed by atoms with van der Waals surface area (Å²) < 4.78 is 12.6. The van der Waals surface area contributed by atoms with Crippen LogP contribution in [-0.4, -0.2) is 17.2 Å². The molecule has 4 rings (SSSR count). The van der Waals surface area contributed by atoms with Gasteiger partial charge >= 0.3 is 5.97 Å². The smallest absolute Gasteiger partial charge is 0.306 e. The zero-order chi connectivity index (χ0) is 18.3. The molecule has 1 aliphatic carbocycles. The number of fused-ring (bicyclic) bond motifs is 1. The van der Waals surface area contributed by atoms with Gasteiger partial charge in [0.1, 0.15) is 17.6 Å². The number of rotatable bonds is 4. The molecule has 1 fully saturated rings. The van der Waals surface area contributed by atoms with Crippen LogP contribution in [0, 0.1) is 5.92 Å². The van der Waals surface area contributed by atoms with E-state index < -0.39 is 5.97 Å².